The Kier molecular flexibility index (Phi) is 3.62. The predicted molar refractivity (Wildman–Crippen MR) is 77.1 cm³/mol. The number of aliphatic hydroxyl groups is 1. The summed E-state index contributed by atoms with van der Waals surface area (Å²) in [6.07, 6.45) is 0.199. The quantitative estimate of drug-likeness (QED) is 0.891. The number of aromatic nitrogens is 2. The van der Waals surface area contributed by atoms with E-state index in [1.807, 2.05) is 24.3 Å². The van der Waals surface area contributed by atoms with Gasteiger partial charge in [0.05, 0.1) is 18.9 Å². The van der Waals surface area contributed by atoms with Crippen LogP contribution in [0.25, 0.3) is 11.3 Å². The average molecular weight is 287 g/mol. The highest BCUT2D eigenvalue weighted by Gasteiger charge is 2.26. The normalized spacial score (nSPS) is 18.0. The van der Waals surface area contributed by atoms with Crippen LogP contribution in [-0.2, 0) is 0 Å². The number of rotatable bonds is 3. The maximum Gasteiger partial charge on any atom is 0.271 e. The van der Waals surface area contributed by atoms with E-state index in [2.05, 4.69) is 10.2 Å². The average Bonchev–Trinajstić information content (AvgIpc) is 3.15. The predicted octanol–water partition coefficient (Wildman–Crippen LogP) is 1.29. The van der Waals surface area contributed by atoms with Crippen LogP contribution in [0.1, 0.15) is 16.9 Å². The van der Waals surface area contributed by atoms with E-state index < -0.39 is 6.10 Å². The fourth-order valence-corrected chi connectivity index (χ4v) is 2.52. The summed E-state index contributed by atoms with van der Waals surface area (Å²) in [6.45, 7) is 0.949. The van der Waals surface area contributed by atoms with Gasteiger partial charge in [0.15, 0.2) is 0 Å². The van der Waals surface area contributed by atoms with E-state index in [1.54, 1.807) is 18.1 Å². The molecule has 6 nitrogen and oxygen atoms in total. The van der Waals surface area contributed by atoms with Gasteiger partial charge >= 0.3 is 0 Å². The summed E-state index contributed by atoms with van der Waals surface area (Å²) >= 11 is 0. The largest absolute Gasteiger partial charge is 0.496 e. The molecule has 0 spiro atoms. The summed E-state index contributed by atoms with van der Waals surface area (Å²) in [5.74, 6) is 0.569. The van der Waals surface area contributed by atoms with Gasteiger partial charge in [0.2, 0.25) is 0 Å². The number of ether oxygens (including phenoxy) is 1. The lowest BCUT2D eigenvalue weighted by molar-refractivity contribution is 0.0759. The first-order valence-electron chi connectivity index (χ1n) is 6.85. The van der Waals surface area contributed by atoms with Crippen LogP contribution in [0.4, 0.5) is 0 Å². The number of hydrogen-bond donors (Lipinski definition) is 2. The molecule has 0 unspecified atom stereocenters. The van der Waals surface area contributed by atoms with Crippen molar-refractivity contribution in [2.24, 2.45) is 0 Å². The van der Waals surface area contributed by atoms with Crippen molar-refractivity contribution < 1.29 is 14.6 Å². The molecule has 110 valence electrons. The number of amides is 1. The van der Waals surface area contributed by atoms with Crippen molar-refractivity contribution in [2.45, 2.75) is 12.5 Å². The summed E-state index contributed by atoms with van der Waals surface area (Å²) in [6, 6.07) is 9.23. The molecule has 2 heterocycles. The first kappa shape index (κ1) is 13.6. The molecular formula is C15H17N3O3. The summed E-state index contributed by atoms with van der Waals surface area (Å²) in [4.78, 5) is 13.9. The number of methoxy groups -OCH3 is 1. The van der Waals surface area contributed by atoms with E-state index in [9.17, 15) is 9.90 Å². The van der Waals surface area contributed by atoms with Crippen LogP contribution in [0.5, 0.6) is 5.75 Å². The number of carbonyl (C=O) groups excluding carboxylic acids is 1. The molecule has 1 fully saturated rings. The van der Waals surface area contributed by atoms with Crippen molar-refractivity contribution in [3.8, 4) is 17.0 Å². The molecule has 0 radical (unpaired) electrons. The highest BCUT2D eigenvalue weighted by atomic mass is 16.5. The minimum Gasteiger partial charge on any atom is -0.496 e. The first-order valence-corrected chi connectivity index (χ1v) is 6.85. The number of para-hydroxylation sites is 1. The Balaban J connectivity index is 1.85. The van der Waals surface area contributed by atoms with Crippen molar-refractivity contribution in [3.05, 3.63) is 36.0 Å². The van der Waals surface area contributed by atoms with Gasteiger partial charge in [0, 0.05) is 18.7 Å². The van der Waals surface area contributed by atoms with E-state index in [0.29, 0.717) is 36.6 Å². The number of H-pyrrole nitrogens is 1. The number of carbonyl (C=O) groups is 1. The van der Waals surface area contributed by atoms with Crippen LogP contribution in [0.3, 0.4) is 0 Å². The smallest absolute Gasteiger partial charge is 0.271 e. The lowest BCUT2D eigenvalue weighted by Gasteiger charge is -2.13. The summed E-state index contributed by atoms with van der Waals surface area (Å²) in [5, 5.41) is 16.5. The van der Waals surface area contributed by atoms with Crippen molar-refractivity contribution in [1.29, 1.82) is 0 Å². The van der Waals surface area contributed by atoms with Crippen molar-refractivity contribution in [3.63, 3.8) is 0 Å². The number of β-amino-alcohol motifs (C(OH)–C–C–N with tert-alkyl or cyclic N) is 1. The van der Waals surface area contributed by atoms with E-state index in [4.69, 9.17) is 4.74 Å². The summed E-state index contributed by atoms with van der Waals surface area (Å²) in [7, 11) is 1.60. The van der Waals surface area contributed by atoms with E-state index >= 15 is 0 Å². The molecule has 0 bridgehead atoms. The molecule has 1 saturated heterocycles. The van der Waals surface area contributed by atoms with Crippen LogP contribution in [0, 0.1) is 0 Å². The molecule has 1 atom stereocenters. The second-order valence-electron chi connectivity index (χ2n) is 5.06. The molecule has 2 N–H and O–H groups in total. The second kappa shape index (κ2) is 5.57. The van der Waals surface area contributed by atoms with E-state index in [1.165, 1.54) is 0 Å². The Morgan fingerprint density at radius 1 is 1.48 bits per heavy atom. The van der Waals surface area contributed by atoms with Gasteiger partial charge in [-0.2, -0.15) is 5.10 Å². The van der Waals surface area contributed by atoms with Crippen LogP contribution in [0.2, 0.25) is 0 Å². The maximum atomic E-state index is 12.3. The number of benzene rings is 1. The van der Waals surface area contributed by atoms with E-state index in [0.717, 1.165) is 5.56 Å². The molecule has 6 heteroatoms. The van der Waals surface area contributed by atoms with Gasteiger partial charge in [0.25, 0.3) is 5.91 Å². The highest BCUT2D eigenvalue weighted by Crippen LogP contribution is 2.28. The molecule has 1 amide bonds. The summed E-state index contributed by atoms with van der Waals surface area (Å²) in [5.41, 5.74) is 1.91. The number of nitrogens with zero attached hydrogens (tertiary/aromatic N) is 2. The fraction of sp³-hybridized carbons (Fsp3) is 0.333. The molecule has 1 aliphatic heterocycles. The molecule has 1 aromatic heterocycles. The second-order valence-corrected chi connectivity index (χ2v) is 5.06. The molecular weight excluding hydrogens is 270 g/mol. The summed E-state index contributed by atoms with van der Waals surface area (Å²) < 4.78 is 5.30. The first-order chi connectivity index (χ1) is 10.2. The number of aliphatic hydroxyl groups excluding tert-OH is 1. The number of likely N-dealkylation sites (tertiary alicyclic amines) is 1. The zero-order chi connectivity index (χ0) is 14.8. The Morgan fingerprint density at radius 3 is 3.00 bits per heavy atom. The van der Waals surface area contributed by atoms with Gasteiger partial charge in [-0.3, -0.25) is 9.89 Å². The Bertz CT molecular complexity index is 653. The Morgan fingerprint density at radius 2 is 2.29 bits per heavy atom. The maximum absolute atomic E-state index is 12.3. The van der Waals surface area contributed by atoms with Crippen molar-refractivity contribution >= 4 is 5.91 Å². The minimum atomic E-state index is -0.425. The van der Waals surface area contributed by atoms with Gasteiger partial charge < -0.3 is 14.7 Å². The molecule has 1 aromatic carbocycles. The van der Waals surface area contributed by atoms with Crippen LogP contribution in [-0.4, -0.2) is 52.4 Å². The van der Waals surface area contributed by atoms with Gasteiger partial charge in [-0.05, 0) is 24.6 Å². The standard InChI is InChI=1S/C15H17N3O3/c1-21-14-5-3-2-4-11(14)12-8-13(17-16-12)15(20)18-7-6-10(19)9-18/h2-5,8,10,19H,6-7,9H2,1H3,(H,16,17)/t10-/m0/s1. The van der Waals surface area contributed by atoms with Gasteiger partial charge in [0.1, 0.15) is 11.4 Å². The minimum absolute atomic E-state index is 0.139. The highest BCUT2D eigenvalue weighted by molar-refractivity contribution is 5.93. The van der Waals surface area contributed by atoms with Gasteiger partial charge in [-0.15, -0.1) is 0 Å². The van der Waals surface area contributed by atoms with Crippen LogP contribution < -0.4 is 4.74 Å². The lowest BCUT2D eigenvalue weighted by atomic mass is 10.1. The Hall–Kier alpha value is -2.34. The van der Waals surface area contributed by atoms with E-state index in [-0.39, 0.29) is 5.91 Å². The molecule has 3 rings (SSSR count). The fourth-order valence-electron chi connectivity index (χ4n) is 2.52. The van der Waals surface area contributed by atoms with Crippen molar-refractivity contribution in [2.75, 3.05) is 20.2 Å². The van der Waals surface area contributed by atoms with Gasteiger partial charge in [-0.1, -0.05) is 12.1 Å². The van der Waals surface area contributed by atoms with Crippen molar-refractivity contribution in [1.82, 2.24) is 15.1 Å². The van der Waals surface area contributed by atoms with Crippen LogP contribution in [0.15, 0.2) is 30.3 Å². The number of nitrogens with one attached hydrogen (secondary N) is 1. The monoisotopic (exact) mass is 287 g/mol. The molecule has 2 aromatic rings. The number of aromatic amines is 1. The lowest BCUT2D eigenvalue weighted by Crippen LogP contribution is -2.29. The SMILES string of the molecule is COc1ccccc1-c1cc(C(=O)N2CC[C@H](O)C2)[nH]n1. The zero-order valence-corrected chi connectivity index (χ0v) is 11.7. The Labute approximate surface area is 122 Å². The topological polar surface area (TPSA) is 78.5 Å². The number of hydrogen-bond acceptors (Lipinski definition) is 4. The zero-order valence-electron chi connectivity index (χ0n) is 11.7. The van der Waals surface area contributed by atoms with Crippen LogP contribution >= 0.6 is 0 Å². The third kappa shape index (κ3) is 2.62. The third-order valence-electron chi connectivity index (χ3n) is 3.64. The molecule has 0 aliphatic carbocycles. The third-order valence-corrected chi connectivity index (χ3v) is 3.64. The van der Waals surface area contributed by atoms with Gasteiger partial charge in [-0.25, -0.2) is 0 Å². The molecule has 1 aliphatic rings. The molecule has 0 saturated carbocycles. The molecule has 21 heavy (non-hydrogen) atoms.